The van der Waals surface area contributed by atoms with E-state index in [0.717, 1.165) is 0 Å². The third-order valence-electron chi connectivity index (χ3n) is 2.46. The molecule has 0 aliphatic carbocycles. The van der Waals surface area contributed by atoms with Gasteiger partial charge in [0.1, 0.15) is 5.82 Å². The number of thioether (sulfide) groups is 1. The monoisotopic (exact) mass is 298 g/mol. The van der Waals surface area contributed by atoms with Crippen LogP contribution in [0.1, 0.15) is 5.56 Å². The van der Waals surface area contributed by atoms with Gasteiger partial charge in [-0.05, 0) is 12.1 Å². The van der Waals surface area contributed by atoms with Crippen molar-refractivity contribution in [3.8, 4) is 0 Å². The lowest BCUT2D eigenvalue weighted by Crippen LogP contribution is -2.03. The highest BCUT2D eigenvalue weighted by Crippen LogP contribution is 2.28. The number of aromatic nitrogens is 3. The predicted octanol–water partition coefficient (Wildman–Crippen LogP) is 3.13. The van der Waals surface area contributed by atoms with Crippen molar-refractivity contribution in [2.45, 2.75) is 17.5 Å². The summed E-state index contributed by atoms with van der Waals surface area (Å²) < 4.78 is 15.3. The summed E-state index contributed by atoms with van der Waals surface area (Å²) in [4.78, 5) is 0. The minimum Gasteiger partial charge on any atom is -0.368 e. The fourth-order valence-corrected chi connectivity index (χ4v) is 2.81. The molecule has 0 aliphatic rings. The van der Waals surface area contributed by atoms with Crippen molar-refractivity contribution in [2.75, 3.05) is 5.73 Å². The third kappa shape index (κ3) is 3.08. The van der Waals surface area contributed by atoms with Crippen molar-refractivity contribution in [1.82, 2.24) is 14.8 Å². The molecule has 0 spiro atoms. The summed E-state index contributed by atoms with van der Waals surface area (Å²) in [5.41, 5.74) is 6.13. The average Bonchev–Trinajstić information content (AvgIpc) is 2.71. The molecule has 0 atom stereocenters. The van der Waals surface area contributed by atoms with E-state index in [2.05, 4.69) is 16.8 Å². The highest BCUT2D eigenvalue weighted by atomic mass is 35.5. The van der Waals surface area contributed by atoms with Gasteiger partial charge in [0.05, 0.1) is 0 Å². The lowest BCUT2D eigenvalue weighted by atomic mass is 10.2. The minimum absolute atomic E-state index is 0.307. The topological polar surface area (TPSA) is 56.7 Å². The van der Waals surface area contributed by atoms with Gasteiger partial charge >= 0.3 is 0 Å². The molecular formula is C12H12ClFN4S. The zero-order valence-corrected chi connectivity index (χ0v) is 11.6. The van der Waals surface area contributed by atoms with Gasteiger partial charge in [-0.15, -0.1) is 16.8 Å². The summed E-state index contributed by atoms with van der Waals surface area (Å²) in [6, 6.07) is 4.61. The fraction of sp³-hybridized carbons (Fsp3) is 0.167. The zero-order chi connectivity index (χ0) is 13.8. The predicted molar refractivity (Wildman–Crippen MR) is 75.6 cm³/mol. The number of anilines is 1. The number of nitrogens with two attached hydrogens (primary N) is 1. The highest BCUT2D eigenvalue weighted by Gasteiger charge is 2.12. The molecule has 0 saturated heterocycles. The van der Waals surface area contributed by atoms with Crippen LogP contribution in [-0.4, -0.2) is 14.8 Å². The van der Waals surface area contributed by atoms with Gasteiger partial charge < -0.3 is 5.73 Å². The molecular weight excluding hydrogens is 287 g/mol. The van der Waals surface area contributed by atoms with Gasteiger partial charge in [0, 0.05) is 22.9 Å². The Morgan fingerprint density at radius 3 is 2.95 bits per heavy atom. The van der Waals surface area contributed by atoms with E-state index in [1.807, 2.05) is 0 Å². The normalized spacial score (nSPS) is 10.6. The number of benzene rings is 1. The van der Waals surface area contributed by atoms with Crippen molar-refractivity contribution in [3.05, 3.63) is 47.3 Å². The van der Waals surface area contributed by atoms with E-state index in [1.165, 1.54) is 17.8 Å². The van der Waals surface area contributed by atoms with Crippen LogP contribution in [0.2, 0.25) is 5.02 Å². The van der Waals surface area contributed by atoms with Crippen LogP contribution in [0.4, 0.5) is 10.3 Å². The summed E-state index contributed by atoms with van der Waals surface area (Å²) >= 11 is 7.29. The molecule has 0 unspecified atom stereocenters. The van der Waals surface area contributed by atoms with Crippen LogP contribution in [0.5, 0.6) is 0 Å². The fourth-order valence-electron chi connectivity index (χ4n) is 1.51. The number of hydrogen-bond donors (Lipinski definition) is 1. The molecule has 100 valence electrons. The summed E-state index contributed by atoms with van der Waals surface area (Å²) in [5.74, 6) is 0.339. The van der Waals surface area contributed by atoms with E-state index in [4.69, 9.17) is 17.3 Å². The average molecular weight is 299 g/mol. The maximum Gasteiger partial charge on any atom is 0.222 e. The first-order valence-electron chi connectivity index (χ1n) is 5.48. The van der Waals surface area contributed by atoms with E-state index in [1.54, 1.807) is 22.8 Å². The molecule has 19 heavy (non-hydrogen) atoms. The van der Waals surface area contributed by atoms with E-state index in [0.29, 0.717) is 34.0 Å². The Balaban J connectivity index is 2.17. The van der Waals surface area contributed by atoms with Crippen molar-refractivity contribution in [2.24, 2.45) is 0 Å². The maximum atomic E-state index is 13.6. The standard InChI is InChI=1S/C12H12ClFN4S/c1-2-6-18-11(15)16-17-12(18)19-7-8-9(13)4-3-5-10(8)14/h2-5H,1,6-7H2,(H2,15,16). The number of halogens is 2. The molecule has 4 nitrogen and oxygen atoms in total. The van der Waals surface area contributed by atoms with Gasteiger partial charge in [-0.3, -0.25) is 4.57 Å². The van der Waals surface area contributed by atoms with E-state index < -0.39 is 0 Å². The van der Waals surface area contributed by atoms with Gasteiger partial charge in [0.15, 0.2) is 5.16 Å². The molecule has 2 rings (SSSR count). The number of nitrogen functional groups attached to an aromatic ring is 1. The number of rotatable bonds is 5. The molecule has 1 heterocycles. The van der Waals surface area contributed by atoms with Crippen molar-refractivity contribution >= 4 is 29.3 Å². The first-order valence-corrected chi connectivity index (χ1v) is 6.85. The second-order valence-electron chi connectivity index (χ2n) is 3.73. The molecule has 1 aromatic carbocycles. The Morgan fingerprint density at radius 1 is 1.47 bits per heavy atom. The highest BCUT2D eigenvalue weighted by molar-refractivity contribution is 7.98. The SMILES string of the molecule is C=CCn1c(N)nnc1SCc1c(F)cccc1Cl. The van der Waals surface area contributed by atoms with Crippen molar-refractivity contribution in [3.63, 3.8) is 0 Å². The van der Waals surface area contributed by atoms with Crippen molar-refractivity contribution in [1.29, 1.82) is 0 Å². The van der Waals surface area contributed by atoms with Crippen LogP contribution >= 0.6 is 23.4 Å². The van der Waals surface area contributed by atoms with E-state index in [-0.39, 0.29) is 5.82 Å². The molecule has 0 fully saturated rings. The summed E-state index contributed by atoms with van der Waals surface area (Å²) in [6.07, 6.45) is 1.69. The van der Waals surface area contributed by atoms with Crippen LogP contribution in [0, 0.1) is 5.82 Å². The Bertz CT molecular complexity index is 579. The Morgan fingerprint density at radius 2 is 2.26 bits per heavy atom. The Labute approximate surface area is 119 Å². The van der Waals surface area contributed by atoms with E-state index >= 15 is 0 Å². The molecule has 0 aliphatic heterocycles. The maximum absolute atomic E-state index is 13.6. The summed E-state index contributed by atoms with van der Waals surface area (Å²) in [7, 11) is 0. The van der Waals surface area contributed by atoms with Gasteiger partial charge in [-0.2, -0.15) is 0 Å². The van der Waals surface area contributed by atoms with Crippen LogP contribution in [0.25, 0.3) is 0 Å². The number of nitrogens with zero attached hydrogens (tertiary/aromatic N) is 3. The van der Waals surface area contributed by atoms with Crippen LogP contribution < -0.4 is 5.73 Å². The van der Waals surface area contributed by atoms with E-state index in [9.17, 15) is 4.39 Å². The lowest BCUT2D eigenvalue weighted by Gasteiger charge is -2.07. The molecule has 0 bridgehead atoms. The van der Waals surface area contributed by atoms with Gasteiger partial charge in [0.25, 0.3) is 0 Å². The molecule has 0 saturated carbocycles. The first kappa shape index (κ1) is 13.9. The smallest absolute Gasteiger partial charge is 0.222 e. The molecule has 2 N–H and O–H groups in total. The summed E-state index contributed by atoms with van der Waals surface area (Å²) in [5, 5.41) is 8.74. The number of allylic oxidation sites excluding steroid dienone is 1. The molecule has 1 aromatic heterocycles. The van der Waals surface area contributed by atoms with Gasteiger partial charge in [-0.1, -0.05) is 35.5 Å². The first-order chi connectivity index (χ1) is 9.13. The second kappa shape index (κ2) is 6.08. The Kier molecular flexibility index (Phi) is 4.44. The van der Waals surface area contributed by atoms with Crippen LogP contribution in [0.15, 0.2) is 36.0 Å². The third-order valence-corrected chi connectivity index (χ3v) is 3.81. The van der Waals surface area contributed by atoms with Gasteiger partial charge in [0.2, 0.25) is 5.95 Å². The quantitative estimate of drug-likeness (QED) is 0.680. The van der Waals surface area contributed by atoms with Crippen LogP contribution in [0.3, 0.4) is 0 Å². The van der Waals surface area contributed by atoms with Crippen LogP contribution in [-0.2, 0) is 12.3 Å². The second-order valence-corrected chi connectivity index (χ2v) is 5.08. The zero-order valence-electron chi connectivity index (χ0n) is 10.0. The Hall–Kier alpha value is -1.53. The molecule has 0 radical (unpaired) electrons. The van der Waals surface area contributed by atoms with Crippen molar-refractivity contribution < 1.29 is 4.39 Å². The summed E-state index contributed by atoms with van der Waals surface area (Å²) in [6.45, 7) is 4.15. The van der Waals surface area contributed by atoms with Gasteiger partial charge in [-0.25, -0.2) is 4.39 Å². The lowest BCUT2D eigenvalue weighted by molar-refractivity contribution is 0.617. The molecule has 0 amide bonds. The minimum atomic E-state index is -0.331. The molecule has 7 heteroatoms. The molecule has 2 aromatic rings. The number of hydrogen-bond acceptors (Lipinski definition) is 4. The largest absolute Gasteiger partial charge is 0.368 e.